The van der Waals surface area contributed by atoms with Crippen LogP contribution in [0.25, 0.3) is 0 Å². The number of benzene rings is 1. The standard InChI is InChI=1S/C19H19NO2/c1-9-3-6-15(10(2)7-9)20-18(21)16-11-4-5-12(14-8-13(11)14)17(16)19(20)22/h3-7,11-14,16-17H,8H2,1-2H3/t11-,12+,13-,14-,16+,17-/m1/s1. The van der Waals surface area contributed by atoms with Crippen molar-refractivity contribution >= 4 is 17.5 Å². The van der Waals surface area contributed by atoms with Crippen LogP contribution < -0.4 is 4.90 Å². The third kappa shape index (κ3) is 1.37. The SMILES string of the molecule is Cc1ccc(N2C(=O)[C@@H]3[C@H]4C=C[C@H]([C@H]5C[C@H]45)[C@@H]3C2=O)c(C)c1. The summed E-state index contributed by atoms with van der Waals surface area (Å²) >= 11 is 0. The lowest BCUT2D eigenvalue weighted by Crippen LogP contribution is -2.40. The van der Waals surface area contributed by atoms with Crippen LogP contribution >= 0.6 is 0 Å². The molecule has 3 nitrogen and oxygen atoms in total. The van der Waals surface area contributed by atoms with Crippen molar-refractivity contribution in [1.82, 2.24) is 0 Å². The number of carbonyl (C=O) groups excluding carboxylic acids is 2. The first-order valence-electron chi connectivity index (χ1n) is 8.21. The van der Waals surface area contributed by atoms with E-state index in [1.807, 2.05) is 32.0 Å². The number of amides is 2. The minimum Gasteiger partial charge on any atom is -0.274 e. The number of carbonyl (C=O) groups is 2. The molecule has 4 aliphatic carbocycles. The van der Waals surface area contributed by atoms with Crippen molar-refractivity contribution in [3.8, 4) is 0 Å². The second-order valence-corrected chi connectivity index (χ2v) is 7.46. The van der Waals surface area contributed by atoms with E-state index in [0.29, 0.717) is 23.7 Å². The van der Waals surface area contributed by atoms with Crippen molar-refractivity contribution in [2.75, 3.05) is 4.90 Å². The Hall–Kier alpha value is -1.90. The Morgan fingerprint density at radius 1 is 0.955 bits per heavy atom. The molecule has 0 spiro atoms. The number of hydrogen-bond acceptors (Lipinski definition) is 2. The molecule has 3 heteroatoms. The Kier molecular flexibility index (Phi) is 2.23. The number of allylic oxidation sites excluding steroid dienone is 2. The molecule has 6 atom stereocenters. The van der Waals surface area contributed by atoms with Crippen molar-refractivity contribution in [2.45, 2.75) is 20.3 Å². The maximum atomic E-state index is 13.0. The molecule has 0 unspecified atom stereocenters. The average molecular weight is 293 g/mol. The van der Waals surface area contributed by atoms with Crippen LogP contribution in [0.2, 0.25) is 0 Å². The van der Waals surface area contributed by atoms with Gasteiger partial charge in [0.2, 0.25) is 11.8 Å². The van der Waals surface area contributed by atoms with Gasteiger partial charge in [0, 0.05) is 0 Å². The van der Waals surface area contributed by atoms with Crippen LogP contribution in [0.3, 0.4) is 0 Å². The van der Waals surface area contributed by atoms with E-state index in [0.717, 1.165) is 16.8 Å². The zero-order valence-electron chi connectivity index (χ0n) is 12.8. The first-order chi connectivity index (χ1) is 10.6. The van der Waals surface area contributed by atoms with Gasteiger partial charge in [-0.2, -0.15) is 0 Å². The lowest BCUT2D eigenvalue weighted by molar-refractivity contribution is -0.124. The summed E-state index contributed by atoms with van der Waals surface area (Å²) < 4.78 is 0. The van der Waals surface area contributed by atoms with Gasteiger partial charge in [0.1, 0.15) is 0 Å². The summed E-state index contributed by atoms with van der Waals surface area (Å²) in [4.78, 5) is 27.5. The Morgan fingerprint density at radius 3 is 2.09 bits per heavy atom. The monoisotopic (exact) mass is 293 g/mol. The van der Waals surface area contributed by atoms with Crippen molar-refractivity contribution in [3.63, 3.8) is 0 Å². The summed E-state index contributed by atoms with van der Waals surface area (Å²) in [6, 6.07) is 5.95. The lowest BCUT2D eigenvalue weighted by Gasteiger charge is -2.37. The van der Waals surface area contributed by atoms with Gasteiger partial charge >= 0.3 is 0 Å². The molecule has 2 bridgehead atoms. The van der Waals surface area contributed by atoms with Gasteiger partial charge in [-0.1, -0.05) is 29.8 Å². The second kappa shape index (κ2) is 3.89. The smallest absolute Gasteiger partial charge is 0.238 e. The number of aryl methyl sites for hydroxylation is 2. The van der Waals surface area contributed by atoms with Crippen LogP contribution in [-0.4, -0.2) is 11.8 Å². The van der Waals surface area contributed by atoms with Crippen molar-refractivity contribution in [3.05, 3.63) is 41.5 Å². The molecular weight excluding hydrogens is 274 g/mol. The summed E-state index contributed by atoms with van der Waals surface area (Å²) in [7, 11) is 0. The highest BCUT2D eigenvalue weighted by molar-refractivity contribution is 6.23. The largest absolute Gasteiger partial charge is 0.274 e. The molecule has 1 aromatic carbocycles. The molecule has 112 valence electrons. The molecule has 2 amide bonds. The van der Waals surface area contributed by atoms with Gasteiger partial charge in [-0.25, -0.2) is 4.90 Å². The van der Waals surface area contributed by atoms with Crippen LogP contribution in [0.1, 0.15) is 17.5 Å². The molecule has 1 heterocycles. The first kappa shape index (κ1) is 12.6. The minimum absolute atomic E-state index is 0.0339. The first-order valence-corrected chi connectivity index (χ1v) is 8.21. The predicted molar refractivity (Wildman–Crippen MR) is 83.1 cm³/mol. The normalized spacial score (nSPS) is 40.9. The zero-order valence-corrected chi connectivity index (χ0v) is 12.8. The molecule has 2 saturated carbocycles. The molecule has 22 heavy (non-hydrogen) atoms. The van der Waals surface area contributed by atoms with Crippen molar-refractivity contribution in [2.24, 2.45) is 35.5 Å². The number of nitrogens with zero attached hydrogens (tertiary/aromatic N) is 1. The van der Waals surface area contributed by atoms with Crippen LogP contribution in [0.4, 0.5) is 5.69 Å². The molecule has 5 aliphatic rings. The average Bonchev–Trinajstić information content (AvgIpc) is 3.26. The van der Waals surface area contributed by atoms with Gasteiger partial charge in [-0.05, 0) is 55.6 Å². The molecule has 3 fully saturated rings. The highest BCUT2D eigenvalue weighted by Crippen LogP contribution is 2.65. The van der Waals surface area contributed by atoms with E-state index < -0.39 is 0 Å². The molecular formula is C19H19NO2. The Balaban J connectivity index is 1.60. The fourth-order valence-corrected chi connectivity index (χ4v) is 5.25. The fraction of sp³-hybridized carbons (Fsp3) is 0.474. The van der Waals surface area contributed by atoms with E-state index in [1.165, 1.54) is 11.3 Å². The number of hydrogen-bond donors (Lipinski definition) is 0. The predicted octanol–water partition coefficient (Wildman–Crippen LogP) is 2.86. The van der Waals surface area contributed by atoms with E-state index in [1.54, 1.807) is 0 Å². The molecule has 0 N–H and O–H groups in total. The van der Waals surface area contributed by atoms with E-state index in [2.05, 4.69) is 12.2 Å². The third-order valence-electron chi connectivity index (χ3n) is 6.26. The number of anilines is 1. The maximum absolute atomic E-state index is 13.0. The summed E-state index contributed by atoms with van der Waals surface area (Å²) in [6.07, 6.45) is 5.65. The van der Waals surface area contributed by atoms with Crippen LogP contribution in [0.5, 0.6) is 0 Å². The Bertz CT molecular complexity index is 714. The van der Waals surface area contributed by atoms with Crippen molar-refractivity contribution in [1.29, 1.82) is 0 Å². The number of rotatable bonds is 1. The van der Waals surface area contributed by atoms with Gasteiger partial charge < -0.3 is 0 Å². The van der Waals surface area contributed by atoms with Crippen LogP contribution in [-0.2, 0) is 9.59 Å². The van der Waals surface area contributed by atoms with Crippen molar-refractivity contribution < 1.29 is 9.59 Å². The van der Waals surface area contributed by atoms with Gasteiger partial charge in [0.15, 0.2) is 0 Å². The van der Waals surface area contributed by atoms with Gasteiger partial charge in [0.05, 0.1) is 17.5 Å². The molecule has 6 rings (SSSR count). The second-order valence-electron chi connectivity index (χ2n) is 7.46. The number of imide groups is 1. The zero-order chi connectivity index (χ0) is 15.2. The summed E-state index contributed by atoms with van der Waals surface area (Å²) in [5.41, 5.74) is 2.94. The molecule has 0 radical (unpaired) electrons. The summed E-state index contributed by atoms with van der Waals surface area (Å²) in [5, 5.41) is 0. The van der Waals surface area contributed by atoms with E-state index in [4.69, 9.17) is 0 Å². The highest BCUT2D eigenvalue weighted by atomic mass is 16.2. The van der Waals surface area contributed by atoms with Crippen LogP contribution in [0.15, 0.2) is 30.4 Å². The van der Waals surface area contributed by atoms with Gasteiger partial charge in [-0.15, -0.1) is 0 Å². The van der Waals surface area contributed by atoms with E-state index >= 15 is 0 Å². The summed E-state index contributed by atoms with van der Waals surface area (Å²) in [6.45, 7) is 4.01. The lowest BCUT2D eigenvalue weighted by atomic mass is 9.63. The molecule has 1 aliphatic heterocycles. The Labute approximate surface area is 130 Å². The topological polar surface area (TPSA) is 37.4 Å². The van der Waals surface area contributed by atoms with E-state index in [-0.39, 0.29) is 23.7 Å². The molecule has 1 saturated heterocycles. The van der Waals surface area contributed by atoms with Crippen LogP contribution in [0, 0.1) is 49.4 Å². The fourth-order valence-electron chi connectivity index (χ4n) is 5.25. The highest BCUT2D eigenvalue weighted by Gasteiger charge is 2.67. The Morgan fingerprint density at radius 2 is 1.55 bits per heavy atom. The maximum Gasteiger partial charge on any atom is 0.238 e. The molecule has 0 aromatic heterocycles. The summed E-state index contributed by atoms with van der Waals surface area (Å²) in [5.74, 6) is 1.77. The minimum atomic E-state index is -0.105. The van der Waals surface area contributed by atoms with Gasteiger partial charge in [-0.3, -0.25) is 9.59 Å². The van der Waals surface area contributed by atoms with Gasteiger partial charge in [0.25, 0.3) is 0 Å². The third-order valence-corrected chi connectivity index (χ3v) is 6.26. The quantitative estimate of drug-likeness (QED) is 0.590. The van der Waals surface area contributed by atoms with E-state index in [9.17, 15) is 9.59 Å². The molecule has 1 aromatic rings.